The zero-order valence-electron chi connectivity index (χ0n) is 14.5. The number of hydrogen-bond acceptors (Lipinski definition) is 4. The molecule has 0 aliphatic carbocycles. The Hall–Kier alpha value is -3.09. The van der Waals surface area contributed by atoms with Crippen LogP contribution in [0.15, 0.2) is 47.4 Å². The fourth-order valence-electron chi connectivity index (χ4n) is 2.93. The van der Waals surface area contributed by atoms with Crippen LogP contribution in [0.4, 0.5) is 11.4 Å². The van der Waals surface area contributed by atoms with E-state index in [0.29, 0.717) is 11.3 Å². The van der Waals surface area contributed by atoms with Crippen molar-refractivity contribution in [3.63, 3.8) is 0 Å². The number of aromatic nitrogens is 1. The van der Waals surface area contributed by atoms with Gasteiger partial charge in [0.05, 0.1) is 12.1 Å². The molecular weight excluding hydrogens is 332 g/mol. The topological polar surface area (TPSA) is 94.3 Å². The third kappa shape index (κ3) is 4.72. The van der Waals surface area contributed by atoms with E-state index in [9.17, 15) is 14.4 Å². The summed E-state index contributed by atoms with van der Waals surface area (Å²) in [6, 6.07) is 10.4. The Bertz CT molecular complexity index is 803. The van der Waals surface area contributed by atoms with E-state index in [4.69, 9.17) is 0 Å². The molecule has 26 heavy (non-hydrogen) atoms. The molecule has 3 rings (SSSR count). The standard InChI is InChI=1S/C19H22N4O3/c24-17-9-4-14(12-20-17)19(26)21-13-18(25)22-15-5-7-16(8-6-15)23-10-2-1-3-11-23/h4-9,12H,1-3,10-11,13H2,(H,20,24)(H,21,26)(H,22,25). The van der Waals surface area contributed by atoms with Gasteiger partial charge in [-0.1, -0.05) is 0 Å². The Morgan fingerprint density at radius 1 is 1.00 bits per heavy atom. The van der Waals surface area contributed by atoms with E-state index >= 15 is 0 Å². The number of aromatic amines is 1. The molecule has 0 atom stereocenters. The van der Waals surface area contributed by atoms with E-state index in [1.54, 1.807) is 0 Å². The number of nitrogens with zero attached hydrogens (tertiary/aromatic N) is 1. The second kappa shape index (κ2) is 8.33. The van der Waals surface area contributed by atoms with Gasteiger partial charge in [0.2, 0.25) is 11.5 Å². The van der Waals surface area contributed by atoms with Crippen molar-refractivity contribution in [1.82, 2.24) is 10.3 Å². The Balaban J connectivity index is 1.49. The van der Waals surface area contributed by atoms with Crippen LogP contribution in [-0.2, 0) is 4.79 Å². The third-order valence-corrected chi connectivity index (χ3v) is 4.33. The molecule has 0 bridgehead atoms. The maximum absolute atomic E-state index is 12.0. The third-order valence-electron chi connectivity index (χ3n) is 4.33. The van der Waals surface area contributed by atoms with E-state index in [0.717, 1.165) is 18.8 Å². The number of carbonyl (C=O) groups excluding carboxylic acids is 2. The fourth-order valence-corrected chi connectivity index (χ4v) is 2.93. The van der Waals surface area contributed by atoms with Gasteiger partial charge in [-0.25, -0.2) is 0 Å². The number of benzene rings is 1. The molecule has 2 amide bonds. The summed E-state index contributed by atoms with van der Waals surface area (Å²) in [5.74, 6) is -0.731. The van der Waals surface area contributed by atoms with Crippen LogP contribution in [0.3, 0.4) is 0 Å². The van der Waals surface area contributed by atoms with Gasteiger partial charge in [0, 0.05) is 36.7 Å². The minimum atomic E-state index is -0.420. The zero-order valence-corrected chi connectivity index (χ0v) is 14.5. The average Bonchev–Trinajstić information content (AvgIpc) is 2.68. The number of piperidine rings is 1. The highest BCUT2D eigenvalue weighted by Gasteiger charge is 2.11. The van der Waals surface area contributed by atoms with Crippen LogP contribution >= 0.6 is 0 Å². The van der Waals surface area contributed by atoms with Crippen LogP contribution in [0.5, 0.6) is 0 Å². The molecule has 3 N–H and O–H groups in total. The van der Waals surface area contributed by atoms with Gasteiger partial charge in [0.25, 0.3) is 5.91 Å². The molecule has 2 aromatic rings. The largest absolute Gasteiger partial charge is 0.372 e. The molecule has 1 aromatic heterocycles. The van der Waals surface area contributed by atoms with Crippen LogP contribution in [0.25, 0.3) is 0 Å². The molecule has 136 valence electrons. The molecule has 1 aliphatic heterocycles. The van der Waals surface area contributed by atoms with Crippen LogP contribution in [0.1, 0.15) is 29.6 Å². The van der Waals surface area contributed by atoms with Gasteiger partial charge < -0.3 is 20.5 Å². The summed E-state index contributed by atoms with van der Waals surface area (Å²) in [5.41, 5.74) is 1.86. The van der Waals surface area contributed by atoms with Crippen LogP contribution in [0.2, 0.25) is 0 Å². The zero-order chi connectivity index (χ0) is 18.4. The maximum atomic E-state index is 12.0. The lowest BCUT2D eigenvalue weighted by Crippen LogP contribution is -2.33. The van der Waals surface area contributed by atoms with E-state index in [1.807, 2.05) is 24.3 Å². The Morgan fingerprint density at radius 2 is 1.73 bits per heavy atom. The van der Waals surface area contributed by atoms with Crippen molar-refractivity contribution in [3.8, 4) is 0 Å². The van der Waals surface area contributed by atoms with Crippen molar-refractivity contribution in [2.75, 3.05) is 29.9 Å². The average molecular weight is 354 g/mol. The maximum Gasteiger partial charge on any atom is 0.253 e. The first-order chi connectivity index (χ1) is 12.6. The molecule has 2 heterocycles. The summed E-state index contributed by atoms with van der Waals surface area (Å²) in [7, 11) is 0. The van der Waals surface area contributed by atoms with Crippen LogP contribution in [-0.4, -0.2) is 36.4 Å². The molecule has 0 spiro atoms. The predicted octanol–water partition coefficient (Wildman–Crippen LogP) is 1.73. The number of H-pyrrole nitrogens is 1. The molecule has 1 saturated heterocycles. The number of pyridine rings is 1. The normalized spacial score (nSPS) is 13.9. The van der Waals surface area contributed by atoms with E-state index in [1.165, 1.54) is 37.6 Å². The second-order valence-electron chi connectivity index (χ2n) is 6.27. The Labute approximate surface area is 151 Å². The molecule has 0 unspecified atom stereocenters. The summed E-state index contributed by atoms with van der Waals surface area (Å²) in [6.07, 6.45) is 5.03. The highest BCUT2D eigenvalue weighted by molar-refractivity contribution is 5.99. The summed E-state index contributed by atoms with van der Waals surface area (Å²) >= 11 is 0. The van der Waals surface area contributed by atoms with Gasteiger partial charge in [-0.05, 0) is 49.6 Å². The lowest BCUT2D eigenvalue weighted by atomic mass is 10.1. The van der Waals surface area contributed by atoms with Gasteiger partial charge >= 0.3 is 0 Å². The minimum Gasteiger partial charge on any atom is -0.372 e. The van der Waals surface area contributed by atoms with E-state index < -0.39 is 5.91 Å². The highest BCUT2D eigenvalue weighted by Crippen LogP contribution is 2.21. The van der Waals surface area contributed by atoms with Crippen molar-refractivity contribution in [2.45, 2.75) is 19.3 Å². The lowest BCUT2D eigenvalue weighted by Gasteiger charge is -2.28. The number of nitrogens with one attached hydrogen (secondary N) is 3. The number of amides is 2. The summed E-state index contributed by atoms with van der Waals surface area (Å²) in [6.45, 7) is 2.00. The summed E-state index contributed by atoms with van der Waals surface area (Å²) < 4.78 is 0. The highest BCUT2D eigenvalue weighted by atomic mass is 16.2. The van der Waals surface area contributed by atoms with E-state index in [-0.39, 0.29) is 18.0 Å². The van der Waals surface area contributed by atoms with Crippen molar-refractivity contribution < 1.29 is 9.59 Å². The second-order valence-corrected chi connectivity index (χ2v) is 6.27. The quantitative estimate of drug-likeness (QED) is 0.762. The number of hydrogen-bond donors (Lipinski definition) is 3. The molecule has 7 heteroatoms. The summed E-state index contributed by atoms with van der Waals surface area (Å²) in [4.78, 5) is 39.7. The van der Waals surface area contributed by atoms with Gasteiger partial charge in [0.15, 0.2) is 0 Å². The van der Waals surface area contributed by atoms with Crippen LogP contribution < -0.4 is 21.1 Å². The monoisotopic (exact) mass is 354 g/mol. The van der Waals surface area contributed by atoms with Crippen molar-refractivity contribution in [2.24, 2.45) is 0 Å². The molecule has 1 aliphatic rings. The minimum absolute atomic E-state index is 0.147. The molecule has 7 nitrogen and oxygen atoms in total. The smallest absolute Gasteiger partial charge is 0.253 e. The first kappa shape index (κ1) is 17.7. The molecule has 0 saturated carbocycles. The predicted molar refractivity (Wildman–Crippen MR) is 101 cm³/mol. The Kier molecular flexibility index (Phi) is 5.68. The van der Waals surface area contributed by atoms with Crippen LogP contribution in [0, 0.1) is 0 Å². The first-order valence-corrected chi connectivity index (χ1v) is 8.73. The van der Waals surface area contributed by atoms with Crippen molar-refractivity contribution in [1.29, 1.82) is 0 Å². The van der Waals surface area contributed by atoms with Gasteiger partial charge in [-0.15, -0.1) is 0 Å². The SMILES string of the molecule is O=C(CNC(=O)c1ccc(=O)[nH]c1)Nc1ccc(N2CCCCC2)cc1. The summed E-state index contributed by atoms with van der Waals surface area (Å²) in [5, 5.41) is 5.28. The van der Waals surface area contributed by atoms with Crippen molar-refractivity contribution in [3.05, 3.63) is 58.5 Å². The van der Waals surface area contributed by atoms with Crippen molar-refractivity contribution >= 4 is 23.2 Å². The van der Waals surface area contributed by atoms with Gasteiger partial charge in [-0.2, -0.15) is 0 Å². The first-order valence-electron chi connectivity index (χ1n) is 8.73. The van der Waals surface area contributed by atoms with Gasteiger partial charge in [0.1, 0.15) is 0 Å². The molecular formula is C19H22N4O3. The number of carbonyl (C=O) groups is 2. The number of anilines is 2. The molecule has 1 aromatic carbocycles. The molecule has 0 radical (unpaired) electrons. The van der Waals surface area contributed by atoms with Gasteiger partial charge in [-0.3, -0.25) is 14.4 Å². The number of rotatable bonds is 5. The van der Waals surface area contributed by atoms with E-state index in [2.05, 4.69) is 20.5 Å². The Morgan fingerprint density at radius 3 is 2.38 bits per heavy atom. The lowest BCUT2D eigenvalue weighted by molar-refractivity contribution is -0.115. The molecule has 1 fully saturated rings. The fraction of sp³-hybridized carbons (Fsp3) is 0.316.